The van der Waals surface area contributed by atoms with Crippen molar-refractivity contribution in [3.8, 4) is 0 Å². The molecule has 0 unspecified atom stereocenters. The van der Waals surface area contributed by atoms with Crippen LogP contribution in [0.3, 0.4) is 0 Å². The van der Waals surface area contributed by atoms with Gasteiger partial charge in [0, 0.05) is 25.7 Å². The van der Waals surface area contributed by atoms with Crippen molar-refractivity contribution in [3.05, 3.63) is 93.8 Å². The first-order chi connectivity index (χ1) is 16.4. The minimum Gasteiger partial charge on any atom is -0.319 e. The quantitative estimate of drug-likeness (QED) is 0.428. The highest BCUT2D eigenvalue weighted by molar-refractivity contribution is 7.89. The van der Waals surface area contributed by atoms with Gasteiger partial charge in [-0.05, 0) is 59.9 Å². The Morgan fingerprint density at radius 2 is 1.74 bits per heavy atom. The Morgan fingerprint density at radius 3 is 2.47 bits per heavy atom. The zero-order valence-electron chi connectivity index (χ0n) is 19.1. The maximum Gasteiger partial charge on any atom is 0.279 e. The molecule has 0 atom stereocenters. The van der Waals surface area contributed by atoms with Crippen LogP contribution in [0.2, 0.25) is 0 Å². The zero-order chi connectivity index (χ0) is 23.9. The van der Waals surface area contributed by atoms with Gasteiger partial charge in [-0.1, -0.05) is 54.7 Å². The molecule has 0 N–H and O–H groups in total. The summed E-state index contributed by atoms with van der Waals surface area (Å²) in [7, 11) is -1.74. The van der Waals surface area contributed by atoms with E-state index >= 15 is 0 Å². The van der Waals surface area contributed by atoms with Crippen molar-refractivity contribution in [2.45, 2.75) is 31.2 Å². The van der Waals surface area contributed by atoms with Crippen molar-refractivity contribution in [2.24, 2.45) is 12.0 Å². The Kier molecular flexibility index (Phi) is 5.97. The summed E-state index contributed by atoms with van der Waals surface area (Å²) in [5.41, 5.74) is 4.88. The minimum atomic E-state index is -3.65. The van der Waals surface area contributed by atoms with Crippen LogP contribution in [0.1, 0.15) is 34.0 Å². The van der Waals surface area contributed by atoms with Gasteiger partial charge in [-0.2, -0.15) is 9.30 Å². The average molecular weight is 492 g/mol. The third-order valence-electron chi connectivity index (χ3n) is 6.32. The van der Waals surface area contributed by atoms with E-state index in [-0.39, 0.29) is 4.90 Å². The van der Waals surface area contributed by atoms with E-state index < -0.39 is 15.9 Å². The summed E-state index contributed by atoms with van der Waals surface area (Å²) in [5.74, 6) is -0.393. The largest absolute Gasteiger partial charge is 0.319 e. The van der Waals surface area contributed by atoms with Crippen LogP contribution in [0, 0.1) is 0 Å². The number of carbonyl (C=O) groups is 1. The molecule has 4 aromatic rings. The first-order valence-electron chi connectivity index (χ1n) is 11.2. The van der Waals surface area contributed by atoms with Crippen molar-refractivity contribution in [3.63, 3.8) is 0 Å². The Balaban J connectivity index is 1.41. The van der Waals surface area contributed by atoms with Crippen LogP contribution in [0.4, 0.5) is 0 Å². The van der Waals surface area contributed by atoms with E-state index in [4.69, 9.17) is 0 Å². The van der Waals surface area contributed by atoms with Crippen LogP contribution in [0.15, 0.2) is 76.6 Å². The molecule has 5 rings (SSSR count). The second kappa shape index (κ2) is 8.94. The third-order valence-corrected chi connectivity index (χ3v) is 9.28. The molecule has 0 radical (unpaired) electrons. The lowest BCUT2D eigenvalue weighted by Crippen LogP contribution is -2.35. The van der Waals surface area contributed by atoms with E-state index in [1.54, 1.807) is 12.1 Å². The summed E-state index contributed by atoms with van der Waals surface area (Å²) in [4.78, 5) is 18.0. The molecule has 8 heteroatoms. The van der Waals surface area contributed by atoms with Crippen LogP contribution in [0.5, 0.6) is 0 Å². The highest BCUT2D eigenvalue weighted by Gasteiger charge is 2.28. The van der Waals surface area contributed by atoms with Gasteiger partial charge in [0.2, 0.25) is 10.0 Å². The smallest absolute Gasteiger partial charge is 0.279 e. The highest BCUT2D eigenvalue weighted by atomic mass is 32.2. The Morgan fingerprint density at radius 1 is 1.00 bits per heavy atom. The topological polar surface area (TPSA) is 71.7 Å². The fourth-order valence-corrected chi connectivity index (χ4v) is 6.91. The fourth-order valence-electron chi connectivity index (χ4n) is 4.42. The number of fused-ring (bicyclic) bond motifs is 2. The first kappa shape index (κ1) is 22.7. The molecule has 174 valence electrons. The first-order valence-corrected chi connectivity index (χ1v) is 13.5. The molecule has 1 aliphatic rings. The SMILES string of the molecule is CCc1cccc2sc(=NC(=O)c3ccc(S(=O)(=O)N4CCc5ccccc5C4)cc3)n(C)c12. The molecule has 0 fully saturated rings. The van der Waals surface area contributed by atoms with Crippen molar-refractivity contribution < 1.29 is 13.2 Å². The molecule has 0 saturated carbocycles. The predicted octanol–water partition coefficient (Wildman–Crippen LogP) is 4.29. The lowest BCUT2D eigenvalue weighted by atomic mass is 10.0. The Bertz CT molecular complexity index is 1570. The normalized spacial score (nSPS) is 14.9. The van der Waals surface area contributed by atoms with Gasteiger partial charge in [-0.3, -0.25) is 4.79 Å². The molecular weight excluding hydrogens is 466 g/mol. The average Bonchev–Trinajstić information content (AvgIpc) is 3.18. The molecule has 0 aliphatic carbocycles. The van der Waals surface area contributed by atoms with Gasteiger partial charge in [0.1, 0.15) is 0 Å². The molecule has 2 heterocycles. The van der Waals surface area contributed by atoms with Crippen LogP contribution in [0.25, 0.3) is 10.2 Å². The number of amides is 1. The van der Waals surface area contributed by atoms with Crippen molar-refractivity contribution in [2.75, 3.05) is 6.54 Å². The number of thiazole rings is 1. The summed E-state index contributed by atoms with van der Waals surface area (Å²) < 4.78 is 30.9. The maximum atomic E-state index is 13.2. The maximum absolute atomic E-state index is 13.2. The summed E-state index contributed by atoms with van der Waals surface area (Å²) in [5, 5.41) is 0. The minimum absolute atomic E-state index is 0.184. The van der Waals surface area contributed by atoms with Crippen LogP contribution < -0.4 is 4.80 Å². The summed E-state index contributed by atoms with van der Waals surface area (Å²) >= 11 is 1.47. The van der Waals surface area contributed by atoms with Gasteiger partial charge in [0.25, 0.3) is 5.91 Å². The van der Waals surface area contributed by atoms with Gasteiger partial charge in [0.05, 0.1) is 15.1 Å². The molecule has 1 aliphatic heterocycles. The molecule has 0 spiro atoms. The second-order valence-corrected chi connectivity index (χ2v) is 11.3. The van der Waals surface area contributed by atoms with E-state index in [1.165, 1.54) is 38.9 Å². The van der Waals surface area contributed by atoms with Gasteiger partial charge in [-0.15, -0.1) is 0 Å². The predicted molar refractivity (Wildman–Crippen MR) is 134 cm³/mol. The van der Waals surface area contributed by atoms with E-state index in [2.05, 4.69) is 18.0 Å². The fraction of sp³-hybridized carbons (Fsp3) is 0.231. The molecule has 6 nitrogen and oxygen atoms in total. The molecular formula is C26H25N3O3S2. The third kappa shape index (κ3) is 4.02. The van der Waals surface area contributed by atoms with Crippen LogP contribution in [-0.4, -0.2) is 29.7 Å². The molecule has 0 bridgehead atoms. The molecule has 0 saturated heterocycles. The zero-order valence-corrected chi connectivity index (χ0v) is 20.7. The lowest BCUT2D eigenvalue weighted by molar-refractivity contribution is 0.0998. The lowest BCUT2D eigenvalue weighted by Gasteiger charge is -2.28. The number of aryl methyl sites for hydroxylation is 2. The van der Waals surface area contributed by atoms with Crippen LogP contribution in [-0.2, 0) is 36.5 Å². The monoisotopic (exact) mass is 491 g/mol. The molecule has 3 aromatic carbocycles. The number of rotatable bonds is 4. The number of carbonyl (C=O) groups excluding carboxylic acids is 1. The van der Waals surface area contributed by atoms with Gasteiger partial charge in [0.15, 0.2) is 4.80 Å². The van der Waals surface area contributed by atoms with Crippen molar-refractivity contribution in [1.29, 1.82) is 0 Å². The number of para-hydroxylation sites is 1. The number of nitrogens with zero attached hydrogens (tertiary/aromatic N) is 3. The van der Waals surface area contributed by atoms with Gasteiger partial charge >= 0.3 is 0 Å². The number of aromatic nitrogens is 1. The Hall–Kier alpha value is -3.07. The van der Waals surface area contributed by atoms with Crippen LogP contribution >= 0.6 is 11.3 Å². The van der Waals surface area contributed by atoms with Gasteiger partial charge < -0.3 is 4.57 Å². The second-order valence-electron chi connectivity index (χ2n) is 8.36. The standard InChI is InChI=1S/C26H25N3O3S2/c1-3-18-9-6-10-23-24(18)28(2)26(33-23)27-25(30)20-11-13-22(14-12-20)34(31,32)29-16-15-19-7-4-5-8-21(19)17-29/h4-14H,3,15-17H2,1-2H3. The Labute approximate surface area is 202 Å². The molecule has 1 amide bonds. The summed E-state index contributed by atoms with van der Waals surface area (Å²) in [6.07, 6.45) is 1.59. The van der Waals surface area contributed by atoms with E-state index in [9.17, 15) is 13.2 Å². The summed E-state index contributed by atoms with van der Waals surface area (Å²) in [6.45, 7) is 2.90. The molecule has 1 aromatic heterocycles. The number of hydrogen-bond acceptors (Lipinski definition) is 4. The number of benzene rings is 3. The van der Waals surface area contributed by atoms with E-state index in [0.29, 0.717) is 29.9 Å². The number of hydrogen-bond donors (Lipinski definition) is 0. The summed E-state index contributed by atoms with van der Waals surface area (Å²) in [6, 6.07) is 20.1. The van der Waals surface area contributed by atoms with Crippen molar-refractivity contribution in [1.82, 2.24) is 8.87 Å². The number of sulfonamides is 1. The van der Waals surface area contributed by atoms with E-state index in [1.807, 2.05) is 48.0 Å². The molecule has 34 heavy (non-hydrogen) atoms. The van der Waals surface area contributed by atoms with Crippen molar-refractivity contribution >= 4 is 37.5 Å². The highest BCUT2D eigenvalue weighted by Crippen LogP contribution is 2.25. The van der Waals surface area contributed by atoms with E-state index in [0.717, 1.165) is 22.2 Å². The van der Waals surface area contributed by atoms with Gasteiger partial charge in [-0.25, -0.2) is 8.42 Å².